The van der Waals surface area contributed by atoms with E-state index >= 15 is 0 Å². The highest BCUT2D eigenvalue weighted by Gasteiger charge is 2.16. The monoisotopic (exact) mass is 300 g/mol. The lowest BCUT2D eigenvalue weighted by Gasteiger charge is -2.11. The van der Waals surface area contributed by atoms with Gasteiger partial charge in [-0.3, -0.25) is 4.79 Å². The minimum atomic E-state index is -1.15. The van der Waals surface area contributed by atoms with Gasteiger partial charge in [0, 0.05) is 12.5 Å². The van der Waals surface area contributed by atoms with Gasteiger partial charge in [0.15, 0.2) is 0 Å². The van der Waals surface area contributed by atoms with Crippen LogP contribution in [0.2, 0.25) is 5.02 Å². The molecule has 0 atom stereocenters. The molecule has 0 aliphatic carbocycles. The average Bonchev–Trinajstić information content (AvgIpc) is 2.40. The average molecular weight is 301 g/mol. The van der Waals surface area contributed by atoms with E-state index in [2.05, 4.69) is 5.32 Å². The third-order valence-corrected chi connectivity index (χ3v) is 2.96. The molecule has 0 aromatic heterocycles. The number of carboxylic acid groups (broad SMARTS) is 1. The fourth-order valence-corrected chi connectivity index (χ4v) is 1.84. The Balaban J connectivity index is 2.85. The SMILES string of the molecule is COc1cc(NC(=O)CCCCN)c(Cl)cc1C(=O)O. The number of anilines is 1. The van der Waals surface area contributed by atoms with Crippen LogP contribution in [0.15, 0.2) is 12.1 Å². The molecular weight excluding hydrogens is 284 g/mol. The van der Waals surface area contributed by atoms with Gasteiger partial charge in [-0.2, -0.15) is 0 Å². The molecule has 4 N–H and O–H groups in total. The maximum absolute atomic E-state index is 11.7. The fourth-order valence-electron chi connectivity index (χ4n) is 1.63. The summed E-state index contributed by atoms with van der Waals surface area (Å²) in [7, 11) is 1.35. The zero-order valence-electron chi connectivity index (χ0n) is 11.1. The molecule has 0 spiro atoms. The number of benzene rings is 1. The van der Waals surface area contributed by atoms with E-state index in [9.17, 15) is 9.59 Å². The van der Waals surface area contributed by atoms with Crippen LogP contribution in [-0.4, -0.2) is 30.6 Å². The third-order valence-electron chi connectivity index (χ3n) is 2.65. The number of hydrogen-bond donors (Lipinski definition) is 3. The van der Waals surface area contributed by atoms with Crippen molar-refractivity contribution >= 4 is 29.2 Å². The Labute approximate surface area is 121 Å². The lowest BCUT2D eigenvalue weighted by atomic mass is 10.1. The number of ether oxygens (including phenoxy) is 1. The van der Waals surface area contributed by atoms with Crippen LogP contribution in [-0.2, 0) is 4.79 Å². The van der Waals surface area contributed by atoms with Crippen LogP contribution in [0.3, 0.4) is 0 Å². The maximum Gasteiger partial charge on any atom is 0.339 e. The van der Waals surface area contributed by atoms with Gasteiger partial charge in [0.05, 0.1) is 17.8 Å². The summed E-state index contributed by atoms with van der Waals surface area (Å²) in [6.07, 6.45) is 1.78. The van der Waals surface area contributed by atoms with Crippen molar-refractivity contribution in [2.75, 3.05) is 19.0 Å². The molecule has 0 radical (unpaired) electrons. The summed E-state index contributed by atoms with van der Waals surface area (Å²) in [5, 5.41) is 11.8. The summed E-state index contributed by atoms with van der Waals surface area (Å²) in [6.45, 7) is 0.537. The predicted molar refractivity (Wildman–Crippen MR) is 76.5 cm³/mol. The molecular formula is C13H17ClN2O4. The van der Waals surface area contributed by atoms with Crippen molar-refractivity contribution in [3.05, 3.63) is 22.7 Å². The maximum atomic E-state index is 11.7. The second-order valence-corrected chi connectivity index (χ2v) is 4.54. The number of carbonyl (C=O) groups is 2. The molecule has 110 valence electrons. The van der Waals surface area contributed by atoms with Crippen LogP contribution in [0.5, 0.6) is 5.75 Å². The van der Waals surface area contributed by atoms with Gasteiger partial charge in [-0.15, -0.1) is 0 Å². The van der Waals surface area contributed by atoms with Gasteiger partial charge in [-0.1, -0.05) is 11.6 Å². The third kappa shape index (κ3) is 4.40. The van der Waals surface area contributed by atoms with E-state index in [0.717, 1.165) is 6.42 Å². The summed E-state index contributed by atoms with van der Waals surface area (Å²) >= 11 is 5.95. The number of amides is 1. The second-order valence-electron chi connectivity index (χ2n) is 4.13. The first-order valence-corrected chi connectivity index (χ1v) is 6.48. The number of halogens is 1. The molecule has 0 heterocycles. The normalized spacial score (nSPS) is 10.2. The van der Waals surface area contributed by atoms with E-state index in [0.29, 0.717) is 25.1 Å². The first-order chi connectivity index (χ1) is 9.49. The van der Waals surface area contributed by atoms with Crippen LogP contribution < -0.4 is 15.8 Å². The van der Waals surface area contributed by atoms with E-state index in [1.54, 1.807) is 0 Å². The molecule has 0 aliphatic heterocycles. The van der Waals surface area contributed by atoms with Crippen LogP contribution in [0, 0.1) is 0 Å². The number of carbonyl (C=O) groups excluding carboxylic acids is 1. The van der Waals surface area contributed by atoms with Gasteiger partial charge < -0.3 is 20.9 Å². The quantitative estimate of drug-likeness (QED) is 0.669. The molecule has 0 saturated heterocycles. The molecule has 0 bridgehead atoms. The molecule has 1 rings (SSSR count). The lowest BCUT2D eigenvalue weighted by molar-refractivity contribution is -0.116. The van der Waals surface area contributed by atoms with Crippen molar-refractivity contribution in [2.45, 2.75) is 19.3 Å². The molecule has 1 aromatic carbocycles. The summed E-state index contributed by atoms with van der Waals surface area (Å²) in [5.41, 5.74) is 5.62. The Bertz CT molecular complexity index is 505. The number of rotatable bonds is 7. The van der Waals surface area contributed by atoms with Gasteiger partial charge in [-0.25, -0.2) is 4.79 Å². The second kappa shape index (κ2) is 7.72. The number of unbranched alkanes of at least 4 members (excludes halogenated alkanes) is 1. The van der Waals surface area contributed by atoms with Crippen molar-refractivity contribution < 1.29 is 19.4 Å². The number of aromatic carboxylic acids is 1. The van der Waals surface area contributed by atoms with E-state index in [1.165, 1.54) is 19.2 Å². The minimum Gasteiger partial charge on any atom is -0.496 e. The topological polar surface area (TPSA) is 102 Å². The zero-order chi connectivity index (χ0) is 15.1. The summed E-state index contributed by atoms with van der Waals surface area (Å²) in [4.78, 5) is 22.7. The standard InChI is InChI=1S/C13H17ClN2O4/c1-20-11-7-10(9(14)6-8(11)13(18)19)16-12(17)4-2-3-5-15/h6-7H,2-5,15H2,1H3,(H,16,17)(H,18,19). The molecule has 7 heteroatoms. The highest BCUT2D eigenvalue weighted by molar-refractivity contribution is 6.34. The van der Waals surface area contributed by atoms with Crippen molar-refractivity contribution in [1.82, 2.24) is 0 Å². The minimum absolute atomic E-state index is 0.0568. The molecule has 20 heavy (non-hydrogen) atoms. The van der Waals surface area contributed by atoms with Crippen molar-refractivity contribution in [3.63, 3.8) is 0 Å². The number of nitrogens with two attached hydrogens (primary N) is 1. The van der Waals surface area contributed by atoms with E-state index < -0.39 is 5.97 Å². The molecule has 0 aliphatic rings. The predicted octanol–water partition coefficient (Wildman–Crippen LogP) is 2.11. The van der Waals surface area contributed by atoms with Gasteiger partial charge >= 0.3 is 5.97 Å². The molecule has 1 aromatic rings. The molecule has 1 amide bonds. The number of hydrogen-bond acceptors (Lipinski definition) is 4. The van der Waals surface area contributed by atoms with Crippen LogP contribution >= 0.6 is 11.6 Å². The highest BCUT2D eigenvalue weighted by atomic mass is 35.5. The van der Waals surface area contributed by atoms with Gasteiger partial charge in [0.1, 0.15) is 11.3 Å². The van der Waals surface area contributed by atoms with E-state index in [-0.39, 0.29) is 22.2 Å². The first kappa shape index (κ1) is 16.3. The summed E-state index contributed by atoms with van der Waals surface area (Å²) in [5.74, 6) is -1.21. The highest BCUT2D eigenvalue weighted by Crippen LogP contribution is 2.31. The fraction of sp³-hybridized carbons (Fsp3) is 0.385. The van der Waals surface area contributed by atoms with Crippen molar-refractivity contribution in [2.24, 2.45) is 5.73 Å². The molecule has 0 unspecified atom stereocenters. The van der Waals surface area contributed by atoms with Crippen LogP contribution in [0.25, 0.3) is 0 Å². The summed E-state index contributed by atoms with van der Waals surface area (Å²) < 4.78 is 4.98. The lowest BCUT2D eigenvalue weighted by Crippen LogP contribution is -2.13. The number of nitrogens with one attached hydrogen (secondary N) is 1. The molecule has 0 fully saturated rings. The smallest absolute Gasteiger partial charge is 0.339 e. The molecule has 0 saturated carbocycles. The zero-order valence-corrected chi connectivity index (χ0v) is 11.9. The largest absolute Gasteiger partial charge is 0.496 e. The van der Waals surface area contributed by atoms with Crippen LogP contribution in [0.1, 0.15) is 29.6 Å². The Kier molecular flexibility index (Phi) is 6.27. The first-order valence-electron chi connectivity index (χ1n) is 6.10. The van der Waals surface area contributed by atoms with Crippen LogP contribution in [0.4, 0.5) is 5.69 Å². The van der Waals surface area contributed by atoms with Gasteiger partial charge in [0.2, 0.25) is 5.91 Å². The Morgan fingerprint density at radius 2 is 2.10 bits per heavy atom. The van der Waals surface area contributed by atoms with E-state index in [1.807, 2.05) is 0 Å². The summed E-state index contributed by atoms with van der Waals surface area (Å²) in [6, 6.07) is 2.64. The Morgan fingerprint density at radius 3 is 2.65 bits per heavy atom. The van der Waals surface area contributed by atoms with Crippen molar-refractivity contribution in [1.29, 1.82) is 0 Å². The number of carboxylic acids is 1. The molecule has 6 nitrogen and oxygen atoms in total. The van der Waals surface area contributed by atoms with Gasteiger partial charge in [0.25, 0.3) is 0 Å². The Morgan fingerprint density at radius 1 is 1.40 bits per heavy atom. The van der Waals surface area contributed by atoms with Gasteiger partial charge in [-0.05, 0) is 25.5 Å². The Hall–Kier alpha value is -1.79. The van der Waals surface area contributed by atoms with E-state index in [4.69, 9.17) is 27.2 Å². The van der Waals surface area contributed by atoms with Crippen molar-refractivity contribution in [3.8, 4) is 5.75 Å². The number of methoxy groups -OCH3 is 1.